The Labute approximate surface area is 195 Å². The predicted octanol–water partition coefficient (Wildman–Crippen LogP) is 3.95. The molecule has 4 rings (SSSR count). The van der Waals surface area contributed by atoms with E-state index in [1.807, 2.05) is 22.4 Å². The van der Waals surface area contributed by atoms with Gasteiger partial charge in [-0.25, -0.2) is 8.78 Å². The van der Waals surface area contributed by atoms with E-state index in [0.29, 0.717) is 32.7 Å². The van der Waals surface area contributed by atoms with Gasteiger partial charge in [-0.1, -0.05) is 30.3 Å². The molecule has 174 valence electrons. The molecule has 1 saturated heterocycles. The van der Waals surface area contributed by atoms with Gasteiger partial charge in [0.15, 0.2) is 0 Å². The summed E-state index contributed by atoms with van der Waals surface area (Å²) < 4.78 is 32.8. The average Bonchev–Trinajstić information content (AvgIpc) is 3.36. The molecule has 0 bridgehead atoms. The molecule has 2 heterocycles. The number of carbonyl (C=O) groups is 1. The van der Waals surface area contributed by atoms with Crippen molar-refractivity contribution in [1.82, 2.24) is 9.80 Å². The predicted molar refractivity (Wildman–Crippen MR) is 123 cm³/mol. The first-order valence-electron chi connectivity index (χ1n) is 10.9. The molecular formula is C25H26F2N2O3S. The molecule has 1 fully saturated rings. The first-order chi connectivity index (χ1) is 16.0. The molecule has 1 aliphatic rings. The number of piperazine rings is 1. The number of halogens is 2. The Hall–Kier alpha value is -2.65. The van der Waals surface area contributed by atoms with Crippen molar-refractivity contribution in [2.75, 3.05) is 39.3 Å². The van der Waals surface area contributed by atoms with Crippen LogP contribution in [0, 0.1) is 11.6 Å². The van der Waals surface area contributed by atoms with Crippen LogP contribution in [0.15, 0.2) is 66.0 Å². The van der Waals surface area contributed by atoms with Crippen molar-refractivity contribution in [3.8, 4) is 0 Å². The molecular weight excluding hydrogens is 446 g/mol. The minimum Gasteiger partial charge on any atom is -0.389 e. The van der Waals surface area contributed by atoms with Crippen molar-refractivity contribution in [2.24, 2.45) is 0 Å². The second-order valence-electron chi connectivity index (χ2n) is 8.04. The zero-order valence-electron chi connectivity index (χ0n) is 18.1. The smallest absolute Gasteiger partial charge is 0.264 e. The Bertz CT molecular complexity index is 975. The number of hydrogen-bond acceptors (Lipinski definition) is 5. The summed E-state index contributed by atoms with van der Waals surface area (Å²) in [4.78, 5) is 17.2. The lowest BCUT2D eigenvalue weighted by Crippen LogP contribution is -2.50. The molecule has 0 aliphatic carbocycles. The molecule has 0 spiro atoms. The van der Waals surface area contributed by atoms with Crippen LogP contribution in [0.2, 0.25) is 0 Å². The molecule has 0 unspecified atom stereocenters. The third-order valence-corrected chi connectivity index (χ3v) is 6.52. The summed E-state index contributed by atoms with van der Waals surface area (Å²) in [5.74, 6) is -0.656. The number of rotatable bonds is 8. The van der Waals surface area contributed by atoms with Gasteiger partial charge in [0.2, 0.25) is 0 Å². The summed E-state index contributed by atoms with van der Waals surface area (Å²) >= 11 is 1.44. The minimum absolute atomic E-state index is 0.0509. The number of carbonyl (C=O) groups excluding carboxylic acids is 1. The number of thiophene rings is 1. The van der Waals surface area contributed by atoms with Crippen LogP contribution in [0.3, 0.4) is 0 Å². The highest BCUT2D eigenvalue weighted by molar-refractivity contribution is 7.12. The van der Waals surface area contributed by atoms with Crippen LogP contribution >= 0.6 is 11.3 Å². The van der Waals surface area contributed by atoms with E-state index in [2.05, 4.69) is 4.90 Å². The molecule has 0 saturated carbocycles. The number of β-amino-alcohol motifs (C(OH)–C–C–N with tert-alkyl or cyclic N) is 1. The second-order valence-corrected chi connectivity index (χ2v) is 8.99. The summed E-state index contributed by atoms with van der Waals surface area (Å²) in [5.41, 5.74) is 1.44. The number of ether oxygens (including phenoxy) is 1. The maximum absolute atomic E-state index is 13.4. The number of amides is 1. The lowest BCUT2D eigenvalue weighted by molar-refractivity contribution is -0.0137. The van der Waals surface area contributed by atoms with Gasteiger partial charge in [-0.15, -0.1) is 11.3 Å². The summed E-state index contributed by atoms with van der Waals surface area (Å²) in [6.07, 6.45) is -1.30. The molecule has 1 atom stereocenters. The van der Waals surface area contributed by atoms with Gasteiger partial charge < -0.3 is 14.7 Å². The molecule has 1 amide bonds. The van der Waals surface area contributed by atoms with Crippen LogP contribution in [-0.4, -0.2) is 66.2 Å². The largest absolute Gasteiger partial charge is 0.389 e. The number of benzene rings is 2. The van der Waals surface area contributed by atoms with Gasteiger partial charge in [0.1, 0.15) is 17.7 Å². The lowest BCUT2D eigenvalue weighted by atomic mass is 10.0. The van der Waals surface area contributed by atoms with E-state index in [0.717, 1.165) is 16.0 Å². The first-order valence-corrected chi connectivity index (χ1v) is 11.7. The van der Waals surface area contributed by atoms with Gasteiger partial charge in [0.25, 0.3) is 5.91 Å². The topological polar surface area (TPSA) is 53.0 Å². The molecule has 1 aromatic heterocycles. The van der Waals surface area contributed by atoms with Crippen molar-refractivity contribution in [3.05, 3.63) is 93.7 Å². The first kappa shape index (κ1) is 23.5. The van der Waals surface area contributed by atoms with E-state index >= 15 is 0 Å². The standard InChI is InChI=1S/C25H26F2N2O3S/c26-20-7-3-18(4-8-20)24(19-5-9-21(27)10-6-19)32-17-22(30)16-28-11-13-29(14-12-28)25(31)23-2-1-15-33-23/h1-10,15,22,24,30H,11-14,16-17H2/t22-/m1/s1. The highest BCUT2D eigenvalue weighted by Crippen LogP contribution is 2.27. The molecule has 1 aliphatic heterocycles. The molecule has 3 aromatic rings. The van der Waals surface area contributed by atoms with Crippen LogP contribution in [0.25, 0.3) is 0 Å². The Morgan fingerprint density at radius 3 is 2.03 bits per heavy atom. The number of nitrogens with zero attached hydrogens (tertiary/aromatic N) is 2. The van der Waals surface area contributed by atoms with E-state index in [1.54, 1.807) is 24.3 Å². The molecule has 33 heavy (non-hydrogen) atoms. The molecule has 1 N–H and O–H groups in total. The van der Waals surface area contributed by atoms with Crippen molar-refractivity contribution < 1.29 is 23.4 Å². The highest BCUT2D eigenvalue weighted by atomic mass is 32.1. The quantitative estimate of drug-likeness (QED) is 0.540. The molecule has 2 aromatic carbocycles. The fourth-order valence-electron chi connectivity index (χ4n) is 3.91. The van der Waals surface area contributed by atoms with Gasteiger partial charge in [-0.3, -0.25) is 9.69 Å². The van der Waals surface area contributed by atoms with Gasteiger partial charge in [-0.2, -0.15) is 0 Å². The summed E-state index contributed by atoms with van der Waals surface area (Å²) in [6, 6.07) is 15.6. The third-order valence-electron chi connectivity index (χ3n) is 5.66. The summed E-state index contributed by atoms with van der Waals surface area (Å²) in [6.45, 7) is 3.05. The maximum Gasteiger partial charge on any atom is 0.264 e. The minimum atomic E-state index is -0.743. The summed E-state index contributed by atoms with van der Waals surface area (Å²) in [5, 5.41) is 12.5. The van der Waals surface area contributed by atoms with Crippen molar-refractivity contribution in [3.63, 3.8) is 0 Å². The lowest BCUT2D eigenvalue weighted by Gasteiger charge is -2.35. The van der Waals surface area contributed by atoms with Crippen LogP contribution < -0.4 is 0 Å². The SMILES string of the molecule is O=C(c1cccs1)N1CCN(C[C@@H](O)COC(c2ccc(F)cc2)c2ccc(F)cc2)CC1. The maximum atomic E-state index is 13.4. The summed E-state index contributed by atoms with van der Waals surface area (Å²) in [7, 11) is 0. The zero-order valence-corrected chi connectivity index (χ0v) is 18.9. The van der Waals surface area contributed by atoms with Gasteiger partial charge in [0, 0.05) is 32.7 Å². The number of aliphatic hydroxyl groups excluding tert-OH is 1. The van der Waals surface area contributed by atoms with E-state index in [4.69, 9.17) is 4.74 Å². The second kappa shape index (κ2) is 11.0. The number of aliphatic hydroxyl groups is 1. The molecule has 0 radical (unpaired) electrons. The van der Waals surface area contributed by atoms with Gasteiger partial charge in [-0.05, 0) is 46.8 Å². The van der Waals surface area contributed by atoms with Gasteiger partial charge >= 0.3 is 0 Å². The normalized spacial score (nSPS) is 15.7. The van der Waals surface area contributed by atoms with Crippen molar-refractivity contribution in [2.45, 2.75) is 12.2 Å². The Morgan fingerprint density at radius 2 is 1.52 bits per heavy atom. The molecule has 8 heteroatoms. The van der Waals surface area contributed by atoms with E-state index in [9.17, 15) is 18.7 Å². The number of hydrogen-bond donors (Lipinski definition) is 1. The molecule has 5 nitrogen and oxygen atoms in total. The highest BCUT2D eigenvalue weighted by Gasteiger charge is 2.24. The third kappa shape index (κ3) is 6.23. The monoisotopic (exact) mass is 472 g/mol. The fourth-order valence-corrected chi connectivity index (χ4v) is 4.60. The van der Waals surface area contributed by atoms with Crippen molar-refractivity contribution in [1.29, 1.82) is 0 Å². The van der Waals surface area contributed by atoms with E-state index in [-0.39, 0.29) is 24.1 Å². The Morgan fingerprint density at radius 1 is 0.939 bits per heavy atom. The van der Waals surface area contributed by atoms with Crippen LogP contribution in [-0.2, 0) is 4.74 Å². The average molecular weight is 473 g/mol. The van der Waals surface area contributed by atoms with E-state index in [1.165, 1.54) is 35.6 Å². The van der Waals surface area contributed by atoms with Crippen LogP contribution in [0.4, 0.5) is 8.78 Å². The van der Waals surface area contributed by atoms with E-state index < -0.39 is 12.2 Å². The van der Waals surface area contributed by atoms with Crippen molar-refractivity contribution >= 4 is 17.2 Å². The Balaban J connectivity index is 1.31. The van der Waals surface area contributed by atoms with Crippen LogP contribution in [0.1, 0.15) is 26.9 Å². The fraction of sp³-hybridized carbons (Fsp3) is 0.320. The van der Waals surface area contributed by atoms with Crippen LogP contribution in [0.5, 0.6) is 0 Å². The van der Waals surface area contributed by atoms with Gasteiger partial charge in [0.05, 0.1) is 17.6 Å². The zero-order chi connectivity index (χ0) is 23.2. The Kier molecular flexibility index (Phi) is 7.82.